The first kappa shape index (κ1) is 66.9. The van der Waals surface area contributed by atoms with E-state index in [-0.39, 0.29) is 0 Å². The molecule has 0 N–H and O–H groups in total. The molecule has 410 valence electrons. The zero-order valence-corrected chi connectivity index (χ0v) is 53.3. The van der Waals surface area contributed by atoms with E-state index in [4.69, 9.17) is 0 Å². The summed E-state index contributed by atoms with van der Waals surface area (Å²) in [6, 6.07) is 10.4. The maximum Gasteiger partial charge on any atom is -0.0171 e. The van der Waals surface area contributed by atoms with Gasteiger partial charge in [-0.25, -0.2) is 0 Å². The third kappa shape index (κ3) is 22.0. The molecule has 0 spiro atoms. The van der Waals surface area contributed by atoms with Crippen molar-refractivity contribution in [2.75, 3.05) is 0 Å². The lowest BCUT2D eigenvalue weighted by Crippen LogP contribution is -2.41. The Morgan fingerprint density at radius 1 is 0.676 bits per heavy atom. The molecular weight excluding hydrogens is 853 g/mol. The van der Waals surface area contributed by atoms with Gasteiger partial charge in [0.1, 0.15) is 0 Å². The van der Waals surface area contributed by atoms with Gasteiger partial charge in [-0.05, 0) is 195 Å². The van der Waals surface area contributed by atoms with Crippen LogP contribution in [-0.2, 0) is 0 Å². The van der Waals surface area contributed by atoms with Crippen LogP contribution in [-0.4, -0.2) is 0 Å². The predicted octanol–water partition coefficient (Wildman–Crippen LogP) is 24.0. The Morgan fingerprint density at radius 3 is 1.61 bits per heavy atom. The average Bonchev–Trinajstić information content (AvgIpc) is 3.64. The van der Waals surface area contributed by atoms with Gasteiger partial charge in [0.2, 0.25) is 0 Å². The van der Waals surface area contributed by atoms with Gasteiger partial charge in [0.15, 0.2) is 0 Å². The third-order valence-corrected chi connectivity index (χ3v) is 18.7. The summed E-state index contributed by atoms with van der Waals surface area (Å²) in [5, 5.41) is 0. The van der Waals surface area contributed by atoms with Gasteiger partial charge in [-0.1, -0.05) is 255 Å². The number of allylic oxidation sites excluding steroid dienone is 8. The van der Waals surface area contributed by atoms with Gasteiger partial charge in [0, 0.05) is 0 Å². The normalized spacial score (nSPS) is 27.2. The molecule has 0 aliphatic heterocycles. The van der Waals surface area contributed by atoms with Crippen LogP contribution in [0.15, 0.2) is 83.5 Å². The van der Waals surface area contributed by atoms with Crippen molar-refractivity contribution in [2.45, 2.75) is 277 Å². The van der Waals surface area contributed by atoms with Crippen molar-refractivity contribution in [3.8, 4) is 0 Å². The Labute approximate surface area is 448 Å². The molecule has 0 heteroatoms. The van der Waals surface area contributed by atoms with E-state index in [1.54, 1.807) is 5.57 Å². The summed E-state index contributed by atoms with van der Waals surface area (Å²) in [6.45, 7) is 67.8. The summed E-state index contributed by atoms with van der Waals surface area (Å²) in [5.41, 5.74) is 11.7. The zero-order valence-electron chi connectivity index (χ0n) is 53.3. The average molecular weight is 980 g/mol. The van der Waals surface area contributed by atoms with Crippen LogP contribution in [0, 0.1) is 78.3 Å². The second kappa shape index (κ2) is 27.1. The van der Waals surface area contributed by atoms with E-state index >= 15 is 0 Å². The van der Waals surface area contributed by atoms with E-state index in [1.807, 2.05) is 6.07 Å². The van der Waals surface area contributed by atoms with Crippen LogP contribution < -0.4 is 0 Å². The first-order valence-electron chi connectivity index (χ1n) is 29.4. The van der Waals surface area contributed by atoms with Crippen molar-refractivity contribution in [3.63, 3.8) is 0 Å². The van der Waals surface area contributed by atoms with Gasteiger partial charge in [-0.2, -0.15) is 0 Å². The molecule has 4 aliphatic carbocycles. The molecule has 0 heterocycles. The SMILES string of the molecule is C=C(C)C1CC=C(CC(C)(C)C)CC1.CC(C)(C)C/C=C/c1ccccc1.CC(C)(C)C1CC2CCC1(C)C2(C)C.CC(C)=CCC/C(C)=C/CC(C)(C)C.CCCC1(C)C(C(C)(C)C)CC(C)C1(C)C. The highest BCUT2D eigenvalue weighted by Crippen LogP contribution is 2.71. The number of benzene rings is 1. The standard InChI is InChI=1S/C16H32.C14H26.C14H24.C14H26.C13H18/c1-9-10-16(8)13(14(3,4)5)11-12(2)15(16,6)7;1-12(2,3)11-9-10-7-8-14(11,6)13(10,4)5;1-11(2)13-8-6-12(7-9-13)10-14(3,4)5;1-12(2)8-7-9-13(3)10-11-14(4,5)6;1-13(2,3)11-7-10-12-8-5-4-6-9-12/h12-13H,9-11H2,1-8H3;10-11H,7-9H2,1-6H3;6,13H,1,7-10H2,2-5H3;8,10H,7,9,11H2,1-6H3;4-10H,11H2,1-3H3/b;;;13-10+;10-7+. The van der Waals surface area contributed by atoms with Crippen LogP contribution in [0.5, 0.6) is 0 Å². The molecule has 3 saturated carbocycles. The highest BCUT2D eigenvalue weighted by atomic mass is 14.7. The maximum atomic E-state index is 4.05. The number of fused-ring (bicyclic) bond motifs is 2. The molecule has 0 aromatic heterocycles. The highest BCUT2D eigenvalue weighted by Gasteiger charge is 2.63. The minimum Gasteiger partial charge on any atom is -0.0998 e. The maximum absolute atomic E-state index is 4.05. The topological polar surface area (TPSA) is 0 Å². The smallest absolute Gasteiger partial charge is 0.0171 e. The fourth-order valence-electron chi connectivity index (χ4n) is 13.2. The zero-order chi connectivity index (χ0) is 55.2. The van der Waals surface area contributed by atoms with Crippen molar-refractivity contribution >= 4 is 6.08 Å². The largest absolute Gasteiger partial charge is 0.0998 e. The lowest BCUT2D eigenvalue weighted by Gasteiger charge is -2.48. The number of rotatable bonds is 10. The molecule has 71 heavy (non-hydrogen) atoms. The molecule has 0 nitrogen and oxygen atoms in total. The van der Waals surface area contributed by atoms with E-state index in [2.05, 4.69) is 248 Å². The van der Waals surface area contributed by atoms with Crippen LogP contribution in [0.1, 0.15) is 282 Å². The van der Waals surface area contributed by atoms with Gasteiger partial charge >= 0.3 is 0 Å². The van der Waals surface area contributed by atoms with Gasteiger partial charge in [-0.3, -0.25) is 0 Å². The Hall–Kier alpha value is -2.08. The van der Waals surface area contributed by atoms with E-state index in [9.17, 15) is 0 Å². The van der Waals surface area contributed by atoms with Gasteiger partial charge in [-0.15, -0.1) is 0 Å². The van der Waals surface area contributed by atoms with E-state index < -0.39 is 0 Å². The van der Waals surface area contributed by atoms with Crippen LogP contribution in [0.2, 0.25) is 0 Å². The van der Waals surface area contributed by atoms with Gasteiger partial charge < -0.3 is 0 Å². The van der Waals surface area contributed by atoms with Gasteiger partial charge in [0.05, 0.1) is 0 Å². The summed E-state index contributed by atoms with van der Waals surface area (Å²) >= 11 is 0. The number of hydrogen-bond acceptors (Lipinski definition) is 0. The highest BCUT2D eigenvalue weighted by molar-refractivity contribution is 5.48. The minimum atomic E-state index is 0.394. The number of hydrogen-bond donors (Lipinski definition) is 0. The molecule has 7 unspecified atom stereocenters. The summed E-state index contributed by atoms with van der Waals surface area (Å²) in [4.78, 5) is 0. The Morgan fingerprint density at radius 2 is 1.23 bits per heavy atom. The van der Waals surface area contributed by atoms with Crippen molar-refractivity contribution in [1.29, 1.82) is 0 Å². The second-order valence-corrected chi connectivity index (χ2v) is 31.6. The van der Waals surface area contributed by atoms with Crippen molar-refractivity contribution in [1.82, 2.24) is 0 Å². The molecule has 1 aromatic carbocycles. The quantitative estimate of drug-likeness (QED) is 0.205. The molecule has 7 atom stereocenters. The van der Waals surface area contributed by atoms with Crippen LogP contribution in [0.4, 0.5) is 0 Å². The molecule has 4 aliphatic rings. The third-order valence-electron chi connectivity index (χ3n) is 18.7. The molecule has 1 aromatic rings. The van der Waals surface area contributed by atoms with Crippen LogP contribution >= 0.6 is 0 Å². The second-order valence-electron chi connectivity index (χ2n) is 31.6. The van der Waals surface area contributed by atoms with E-state index in [0.717, 1.165) is 36.0 Å². The first-order valence-corrected chi connectivity index (χ1v) is 29.4. The Bertz CT molecular complexity index is 1830. The van der Waals surface area contributed by atoms with Crippen LogP contribution in [0.25, 0.3) is 6.08 Å². The van der Waals surface area contributed by atoms with E-state index in [1.165, 1.54) is 106 Å². The molecule has 0 amide bonds. The van der Waals surface area contributed by atoms with Crippen molar-refractivity contribution in [3.05, 3.63) is 89.1 Å². The fourth-order valence-corrected chi connectivity index (χ4v) is 13.2. The Balaban J connectivity index is 0.000000444. The van der Waals surface area contributed by atoms with Crippen molar-refractivity contribution in [2.24, 2.45) is 78.3 Å². The lowest BCUT2D eigenvalue weighted by molar-refractivity contribution is 0.00707. The summed E-state index contributed by atoms with van der Waals surface area (Å²) < 4.78 is 0. The summed E-state index contributed by atoms with van der Waals surface area (Å²) in [6.07, 6.45) is 29.9. The van der Waals surface area contributed by atoms with Gasteiger partial charge in [0.25, 0.3) is 0 Å². The fraction of sp³-hybridized carbons (Fsp3) is 0.775. The molecule has 5 rings (SSSR count). The van der Waals surface area contributed by atoms with E-state index in [0.29, 0.717) is 48.7 Å². The molecule has 0 saturated heterocycles. The predicted molar refractivity (Wildman–Crippen MR) is 326 cm³/mol. The summed E-state index contributed by atoms with van der Waals surface area (Å²) in [5.74, 6) is 4.40. The minimum absolute atomic E-state index is 0.394. The molecule has 3 fully saturated rings. The van der Waals surface area contributed by atoms with Crippen molar-refractivity contribution < 1.29 is 0 Å². The summed E-state index contributed by atoms with van der Waals surface area (Å²) in [7, 11) is 0. The molecular formula is C71H126. The first-order chi connectivity index (χ1) is 32.0. The monoisotopic (exact) mass is 979 g/mol. The lowest BCUT2D eigenvalue weighted by atomic mass is 9.57. The van der Waals surface area contributed by atoms with Crippen LogP contribution in [0.3, 0.4) is 0 Å². The molecule has 0 radical (unpaired) electrons. The Kier molecular flexibility index (Phi) is 25.6. The molecule has 2 bridgehead atoms.